The smallest absolute Gasteiger partial charge is 0.245 e. The van der Waals surface area contributed by atoms with Crippen molar-refractivity contribution in [2.75, 3.05) is 26.0 Å². The molecule has 2 amide bonds. The largest absolute Gasteiger partial charge is 0.497 e. The summed E-state index contributed by atoms with van der Waals surface area (Å²) in [6, 6.07) is 9.40. The number of carbonyl (C=O) groups excluding carboxylic acids is 2. The number of rotatable bonds is 8. The van der Waals surface area contributed by atoms with Crippen LogP contribution in [0.5, 0.6) is 5.75 Å². The Morgan fingerprint density at radius 2 is 1.84 bits per heavy atom. The molecule has 1 aromatic heterocycles. The Morgan fingerprint density at radius 1 is 1.19 bits per heavy atom. The second kappa shape index (κ2) is 10.2. The Labute approximate surface area is 191 Å². The van der Waals surface area contributed by atoms with Crippen molar-refractivity contribution < 1.29 is 14.3 Å². The lowest BCUT2D eigenvalue weighted by Crippen LogP contribution is -2.35. The van der Waals surface area contributed by atoms with Crippen LogP contribution in [0.15, 0.2) is 30.3 Å². The molecule has 7 heteroatoms. The van der Waals surface area contributed by atoms with Crippen LogP contribution in [0, 0.1) is 5.92 Å². The average molecular weight is 441 g/mol. The minimum Gasteiger partial charge on any atom is -0.497 e. The third-order valence-electron chi connectivity index (χ3n) is 6.11. The summed E-state index contributed by atoms with van der Waals surface area (Å²) in [5.41, 5.74) is 1.51. The number of amides is 2. The van der Waals surface area contributed by atoms with Gasteiger partial charge in [-0.15, -0.1) is 0 Å². The van der Waals surface area contributed by atoms with Crippen LogP contribution < -0.4 is 10.1 Å². The molecule has 0 radical (unpaired) electrons. The molecule has 3 rings (SSSR count). The van der Waals surface area contributed by atoms with Gasteiger partial charge in [-0.25, -0.2) is 4.68 Å². The summed E-state index contributed by atoms with van der Waals surface area (Å²) < 4.78 is 6.96. The molecule has 1 heterocycles. The molecule has 0 atom stereocenters. The first-order chi connectivity index (χ1) is 15.2. The second-order valence-electron chi connectivity index (χ2n) is 9.76. The van der Waals surface area contributed by atoms with Gasteiger partial charge in [0.2, 0.25) is 11.8 Å². The van der Waals surface area contributed by atoms with Gasteiger partial charge in [-0.3, -0.25) is 9.59 Å². The predicted molar refractivity (Wildman–Crippen MR) is 126 cm³/mol. The summed E-state index contributed by atoms with van der Waals surface area (Å²) in [5.74, 6) is 1.77. The summed E-state index contributed by atoms with van der Waals surface area (Å²) >= 11 is 0. The van der Waals surface area contributed by atoms with Gasteiger partial charge in [-0.2, -0.15) is 5.10 Å². The Balaban J connectivity index is 1.68. The maximum absolute atomic E-state index is 12.8. The number of methoxy groups -OCH3 is 1. The molecule has 1 N–H and O–H groups in total. The maximum atomic E-state index is 12.8. The van der Waals surface area contributed by atoms with Crippen molar-refractivity contribution >= 4 is 17.6 Å². The number of benzene rings is 1. The highest BCUT2D eigenvalue weighted by atomic mass is 16.5. The topological polar surface area (TPSA) is 76.5 Å². The van der Waals surface area contributed by atoms with Crippen LogP contribution in [0.4, 0.5) is 5.82 Å². The number of hydrogen-bond acceptors (Lipinski definition) is 4. The number of hydrogen-bond donors (Lipinski definition) is 1. The Kier molecular flexibility index (Phi) is 7.59. The van der Waals surface area contributed by atoms with Crippen molar-refractivity contribution in [2.45, 2.75) is 64.7 Å². The Morgan fingerprint density at radius 3 is 2.44 bits per heavy atom. The van der Waals surface area contributed by atoms with Gasteiger partial charge >= 0.3 is 0 Å². The number of nitrogens with one attached hydrogen (secondary N) is 1. The van der Waals surface area contributed by atoms with Gasteiger partial charge in [0.15, 0.2) is 0 Å². The minimum atomic E-state index is -0.239. The highest BCUT2D eigenvalue weighted by Gasteiger charge is 2.23. The minimum absolute atomic E-state index is 0.0160. The van der Waals surface area contributed by atoms with Crippen LogP contribution >= 0.6 is 0 Å². The summed E-state index contributed by atoms with van der Waals surface area (Å²) in [5, 5.41) is 7.68. The summed E-state index contributed by atoms with van der Waals surface area (Å²) in [6.07, 6.45) is 6.42. The van der Waals surface area contributed by atoms with Gasteiger partial charge in [0, 0.05) is 24.9 Å². The van der Waals surface area contributed by atoms with Gasteiger partial charge in [0.05, 0.1) is 25.0 Å². The quantitative estimate of drug-likeness (QED) is 0.654. The van der Waals surface area contributed by atoms with E-state index in [1.807, 2.05) is 30.3 Å². The number of aromatic nitrogens is 2. The summed E-state index contributed by atoms with van der Waals surface area (Å²) in [6.45, 7) is 6.25. The predicted octanol–water partition coefficient (Wildman–Crippen LogP) is 4.55. The number of anilines is 1. The van der Waals surface area contributed by atoms with E-state index in [4.69, 9.17) is 9.84 Å². The number of ether oxygens (including phenoxy) is 1. The number of carbonyl (C=O) groups is 2. The average Bonchev–Trinajstić information content (AvgIpc) is 3.41. The number of nitrogens with zero attached hydrogens (tertiary/aromatic N) is 3. The zero-order chi connectivity index (χ0) is 23.3. The lowest BCUT2D eigenvalue weighted by Gasteiger charge is -2.18. The van der Waals surface area contributed by atoms with E-state index in [1.54, 1.807) is 18.8 Å². The van der Waals surface area contributed by atoms with Crippen LogP contribution in [0.3, 0.4) is 0 Å². The highest BCUT2D eigenvalue weighted by Crippen LogP contribution is 2.29. The first-order valence-corrected chi connectivity index (χ1v) is 11.5. The third kappa shape index (κ3) is 6.11. The van der Waals surface area contributed by atoms with Crippen molar-refractivity contribution in [3.8, 4) is 11.4 Å². The van der Waals surface area contributed by atoms with Crippen LogP contribution in [-0.4, -0.2) is 47.2 Å². The zero-order valence-corrected chi connectivity index (χ0v) is 20.0. The molecule has 0 bridgehead atoms. The van der Waals surface area contributed by atoms with Gasteiger partial charge in [-0.05, 0) is 36.6 Å². The van der Waals surface area contributed by atoms with Crippen molar-refractivity contribution in [2.24, 2.45) is 5.92 Å². The molecule has 0 aliphatic heterocycles. The SMILES string of the molecule is COc1ccc(-n2nc(C(C)(C)C)cc2NC(=O)CN(C)C(=O)CCC2CCCC2)cc1. The molecule has 1 aromatic carbocycles. The molecule has 1 aliphatic rings. The van der Waals surface area contributed by atoms with E-state index in [1.165, 1.54) is 30.6 Å². The van der Waals surface area contributed by atoms with E-state index in [9.17, 15) is 9.59 Å². The van der Waals surface area contributed by atoms with E-state index in [2.05, 4.69) is 26.1 Å². The van der Waals surface area contributed by atoms with E-state index in [0.717, 1.165) is 23.6 Å². The summed E-state index contributed by atoms with van der Waals surface area (Å²) in [4.78, 5) is 26.8. The molecule has 174 valence electrons. The first kappa shape index (κ1) is 23.8. The third-order valence-corrected chi connectivity index (χ3v) is 6.11. The van der Waals surface area contributed by atoms with Gasteiger partial charge in [0.1, 0.15) is 11.6 Å². The fraction of sp³-hybridized carbons (Fsp3) is 0.560. The van der Waals surface area contributed by atoms with Crippen LogP contribution in [0.1, 0.15) is 65.0 Å². The molecule has 1 saturated carbocycles. The van der Waals surface area contributed by atoms with Crippen molar-refractivity contribution in [1.82, 2.24) is 14.7 Å². The van der Waals surface area contributed by atoms with Gasteiger partial charge in [-0.1, -0.05) is 46.5 Å². The lowest BCUT2D eigenvalue weighted by atomic mass is 9.92. The molecule has 7 nitrogen and oxygen atoms in total. The fourth-order valence-electron chi connectivity index (χ4n) is 4.06. The van der Waals surface area contributed by atoms with Crippen LogP contribution in [0.2, 0.25) is 0 Å². The molecular formula is C25H36N4O3. The molecule has 1 aliphatic carbocycles. The molecule has 2 aromatic rings. The molecule has 0 unspecified atom stereocenters. The first-order valence-electron chi connectivity index (χ1n) is 11.5. The van der Waals surface area contributed by atoms with Gasteiger partial charge in [0.25, 0.3) is 0 Å². The normalized spacial score (nSPS) is 14.4. The monoisotopic (exact) mass is 440 g/mol. The van der Waals surface area contributed by atoms with E-state index in [-0.39, 0.29) is 23.8 Å². The van der Waals surface area contributed by atoms with Crippen LogP contribution in [0.25, 0.3) is 5.69 Å². The highest BCUT2D eigenvalue weighted by molar-refractivity contribution is 5.94. The Bertz CT molecular complexity index is 922. The van der Waals surface area contributed by atoms with Gasteiger partial charge < -0.3 is 15.0 Å². The molecular weight excluding hydrogens is 404 g/mol. The summed E-state index contributed by atoms with van der Waals surface area (Å²) in [7, 11) is 3.32. The van der Waals surface area contributed by atoms with E-state index < -0.39 is 0 Å². The molecule has 0 saturated heterocycles. The lowest BCUT2D eigenvalue weighted by molar-refractivity contribution is -0.133. The van der Waals surface area contributed by atoms with Crippen LogP contribution in [-0.2, 0) is 15.0 Å². The standard InChI is InChI=1S/C25H36N4O3/c1-25(2,3)21-16-22(29(27-21)19-11-13-20(32-5)14-12-19)26-23(30)17-28(4)24(31)15-10-18-8-6-7-9-18/h11-14,16,18H,6-10,15,17H2,1-5H3,(H,26,30). The molecule has 0 spiro atoms. The van der Waals surface area contributed by atoms with E-state index >= 15 is 0 Å². The number of likely N-dealkylation sites (N-methyl/N-ethyl adjacent to an activating group) is 1. The fourth-order valence-corrected chi connectivity index (χ4v) is 4.06. The zero-order valence-electron chi connectivity index (χ0n) is 20.0. The molecule has 1 fully saturated rings. The van der Waals surface area contributed by atoms with E-state index in [0.29, 0.717) is 18.2 Å². The van der Waals surface area contributed by atoms with Crippen molar-refractivity contribution in [3.05, 3.63) is 36.0 Å². The van der Waals surface area contributed by atoms with Crippen molar-refractivity contribution in [3.63, 3.8) is 0 Å². The second-order valence-corrected chi connectivity index (χ2v) is 9.76. The molecule has 32 heavy (non-hydrogen) atoms. The van der Waals surface area contributed by atoms with Crippen molar-refractivity contribution in [1.29, 1.82) is 0 Å². The maximum Gasteiger partial charge on any atom is 0.245 e. The Hall–Kier alpha value is -2.83.